The van der Waals surface area contributed by atoms with Crippen molar-refractivity contribution in [1.29, 1.82) is 0 Å². The van der Waals surface area contributed by atoms with E-state index < -0.39 is 0 Å². The van der Waals surface area contributed by atoms with Crippen LogP contribution in [0.15, 0.2) is 48.5 Å². The molecule has 1 aliphatic rings. The maximum atomic E-state index is 14.3. The summed E-state index contributed by atoms with van der Waals surface area (Å²) in [4.78, 5) is 0. The van der Waals surface area contributed by atoms with Crippen LogP contribution in [0.1, 0.15) is 38.7 Å². The summed E-state index contributed by atoms with van der Waals surface area (Å²) in [5.41, 5.74) is 4.19. The van der Waals surface area contributed by atoms with E-state index in [0.717, 1.165) is 24.3 Å². The maximum Gasteiger partial charge on any atom is 0.134 e. The predicted molar refractivity (Wildman–Crippen MR) is 94.0 cm³/mol. The van der Waals surface area contributed by atoms with E-state index in [2.05, 4.69) is 25.1 Å². The Hall–Kier alpha value is -2.09. The first-order valence-corrected chi connectivity index (χ1v) is 8.39. The molecule has 0 fully saturated rings. The number of benzene rings is 2. The van der Waals surface area contributed by atoms with Crippen LogP contribution in [0.25, 0.3) is 16.7 Å². The zero-order chi connectivity index (χ0) is 16.2. The Morgan fingerprint density at radius 1 is 1.09 bits per heavy atom. The second kappa shape index (κ2) is 6.99. The van der Waals surface area contributed by atoms with Gasteiger partial charge in [0.2, 0.25) is 0 Å². The second-order valence-corrected chi connectivity index (χ2v) is 6.26. The summed E-state index contributed by atoms with van der Waals surface area (Å²) in [6, 6.07) is 13.3. The summed E-state index contributed by atoms with van der Waals surface area (Å²) in [6.07, 6.45) is 5.89. The molecule has 0 amide bonds. The first kappa shape index (κ1) is 15.8. The molecule has 1 unspecified atom stereocenters. The van der Waals surface area contributed by atoms with Gasteiger partial charge in [0.25, 0.3) is 0 Å². The highest BCUT2D eigenvalue weighted by atomic mass is 19.1. The average Bonchev–Trinajstić information content (AvgIpc) is 2.56. The van der Waals surface area contributed by atoms with Gasteiger partial charge in [0.05, 0.1) is 6.61 Å². The van der Waals surface area contributed by atoms with Crippen LogP contribution in [0.2, 0.25) is 0 Å². The Bertz CT molecular complexity index is 700. The van der Waals surface area contributed by atoms with Crippen LogP contribution >= 0.6 is 0 Å². The molecule has 2 heteroatoms. The molecule has 0 N–H and O–H groups in total. The molecule has 2 aromatic carbocycles. The Kier molecular flexibility index (Phi) is 4.80. The van der Waals surface area contributed by atoms with Crippen molar-refractivity contribution < 1.29 is 9.13 Å². The predicted octanol–water partition coefficient (Wildman–Crippen LogP) is 6.09. The molecule has 0 bridgehead atoms. The van der Waals surface area contributed by atoms with Gasteiger partial charge in [-0.3, -0.25) is 0 Å². The molecule has 0 aliphatic heterocycles. The van der Waals surface area contributed by atoms with E-state index in [9.17, 15) is 4.39 Å². The molecule has 0 heterocycles. The molecule has 0 radical (unpaired) electrons. The van der Waals surface area contributed by atoms with Gasteiger partial charge >= 0.3 is 0 Å². The minimum atomic E-state index is -0.241. The number of allylic oxidation sites excluding steroid dienone is 2. The normalized spacial score (nSPS) is 17.7. The van der Waals surface area contributed by atoms with Gasteiger partial charge in [-0.2, -0.15) is 0 Å². The van der Waals surface area contributed by atoms with Gasteiger partial charge in [-0.15, -0.1) is 0 Å². The van der Waals surface area contributed by atoms with Crippen molar-refractivity contribution in [2.24, 2.45) is 5.92 Å². The first-order chi connectivity index (χ1) is 11.2. The van der Waals surface area contributed by atoms with Crippen molar-refractivity contribution in [3.63, 3.8) is 0 Å². The minimum absolute atomic E-state index is 0.241. The van der Waals surface area contributed by atoms with Crippen LogP contribution in [0, 0.1) is 11.7 Å². The van der Waals surface area contributed by atoms with Crippen LogP contribution in [0.5, 0.6) is 5.75 Å². The van der Waals surface area contributed by atoms with Crippen LogP contribution in [-0.4, -0.2) is 6.61 Å². The maximum absolute atomic E-state index is 14.3. The van der Waals surface area contributed by atoms with Crippen molar-refractivity contribution in [1.82, 2.24) is 0 Å². The van der Waals surface area contributed by atoms with E-state index in [-0.39, 0.29) is 5.82 Å². The standard InChI is InChI=1S/C21H23FO/c1-3-23-19-12-13-20(21(22)14-19)18-10-8-17(9-11-18)16-6-4-15(2)5-7-16/h6,8-15H,3-5,7H2,1-2H3. The monoisotopic (exact) mass is 310 g/mol. The fourth-order valence-electron chi connectivity index (χ4n) is 3.08. The third kappa shape index (κ3) is 3.64. The fraction of sp³-hybridized carbons (Fsp3) is 0.333. The van der Waals surface area contributed by atoms with Crippen LogP contribution in [0.4, 0.5) is 4.39 Å². The molecule has 0 saturated carbocycles. The first-order valence-electron chi connectivity index (χ1n) is 8.39. The molecule has 3 rings (SSSR count). The molecule has 1 aliphatic carbocycles. The second-order valence-electron chi connectivity index (χ2n) is 6.26. The van der Waals surface area contributed by atoms with Gasteiger partial charge in [0, 0.05) is 11.6 Å². The van der Waals surface area contributed by atoms with E-state index in [1.807, 2.05) is 25.1 Å². The third-order valence-corrected chi connectivity index (χ3v) is 4.49. The fourth-order valence-corrected chi connectivity index (χ4v) is 3.08. The zero-order valence-corrected chi connectivity index (χ0v) is 13.8. The Morgan fingerprint density at radius 3 is 2.43 bits per heavy atom. The highest BCUT2D eigenvalue weighted by Crippen LogP contribution is 2.32. The molecule has 0 aromatic heterocycles. The number of hydrogen-bond donors (Lipinski definition) is 0. The number of hydrogen-bond acceptors (Lipinski definition) is 1. The molecule has 1 atom stereocenters. The number of ether oxygens (including phenoxy) is 1. The molecular formula is C21H23FO. The minimum Gasteiger partial charge on any atom is -0.494 e. The quantitative estimate of drug-likeness (QED) is 0.663. The van der Waals surface area contributed by atoms with Gasteiger partial charge in [0.1, 0.15) is 11.6 Å². The van der Waals surface area contributed by atoms with E-state index in [4.69, 9.17) is 4.74 Å². The lowest BCUT2D eigenvalue weighted by Gasteiger charge is -2.18. The summed E-state index contributed by atoms with van der Waals surface area (Å²) < 4.78 is 19.6. The van der Waals surface area contributed by atoms with E-state index in [0.29, 0.717) is 17.9 Å². The molecule has 120 valence electrons. The SMILES string of the molecule is CCOc1ccc(-c2ccc(C3=CCC(C)CC3)cc2)c(F)c1. The number of rotatable bonds is 4. The summed E-state index contributed by atoms with van der Waals surface area (Å²) in [5, 5.41) is 0. The lowest BCUT2D eigenvalue weighted by atomic mass is 9.87. The van der Waals surface area contributed by atoms with Gasteiger partial charge in [-0.1, -0.05) is 37.3 Å². The van der Waals surface area contributed by atoms with Crippen molar-refractivity contribution in [2.45, 2.75) is 33.1 Å². The molecule has 2 aromatic rings. The summed E-state index contributed by atoms with van der Waals surface area (Å²) in [7, 11) is 0. The molecule has 0 spiro atoms. The van der Waals surface area contributed by atoms with Crippen LogP contribution < -0.4 is 4.74 Å². The van der Waals surface area contributed by atoms with Crippen molar-refractivity contribution in [2.75, 3.05) is 6.61 Å². The topological polar surface area (TPSA) is 9.23 Å². The smallest absolute Gasteiger partial charge is 0.134 e. The highest BCUT2D eigenvalue weighted by Gasteiger charge is 2.12. The Labute approximate surface area is 137 Å². The van der Waals surface area contributed by atoms with E-state index >= 15 is 0 Å². The number of halogens is 1. The summed E-state index contributed by atoms with van der Waals surface area (Å²) in [6.45, 7) is 4.73. The molecular weight excluding hydrogens is 287 g/mol. The zero-order valence-electron chi connectivity index (χ0n) is 13.8. The summed E-state index contributed by atoms with van der Waals surface area (Å²) in [5.74, 6) is 1.12. The summed E-state index contributed by atoms with van der Waals surface area (Å²) >= 11 is 0. The van der Waals surface area contributed by atoms with Crippen LogP contribution in [0.3, 0.4) is 0 Å². The van der Waals surface area contributed by atoms with Gasteiger partial charge < -0.3 is 4.74 Å². The van der Waals surface area contributed by atoms with Crippen molar-refractivity contribution in [3.05, 3.63) is 59.9 Å². The van der Waals surface area contributed by atoms with E-state index in [1.165, 1.54) is 23.6 Å². The largest absolute Gasteiger partial charge is 0.494 e. The average molecular weight is 310 g/mol. The van der Waals surface area contributed by atoms with Crippen molar-refractivity contribution >= 4 is 5.57 Å². The lowest BCUT2D eigenvalue weighted by Crippen LogP contribution is -2.00. The Morgan fingerprint density at radius 2 is 1.83 bits per heavy atom. The van der Waals surface area contributed by atoms with Crippen LogP contribution in [-0.2, 0) is 0 Å². The molecule has 1 nitrogen and oxygen atoms in total. The van der Waals surface area contributed by atoms with E-state index in [1.54, 1.807) is 6.07 Å². The van der Waals surface area contributed by atoms with Gasteiger partial charge in [-0.05, 0) is 60.9 Å². The molecule has 0 saturated heterocycles. The molecule has 23 heavy (non-hydrogen) atoms. The third-order valence-electron chi connectivity index (χ3n) is 4.49. The van der Waals surface area contributed by atoms with Crippen molar-refractivity contribution in [3.8, 4) is 16.9 Å². The van der Waals surface area contributed by atoms with Gasteiger partial charge in [0.15, 0.2) is 0 Å². The Balaban J connectivity index is 1.82. The lowest BCUT2D eigenvalue weighted by molar-refractivity contribution is 0.338. The van der Waals surface area contributed by atoms with Gasteiger partial charge in [-0.25, -0.2) is 4.39 Å². The highest BCUT2D eigenvalue weighted by molar-refractivity contribution is 5.71.